The average molecular weight is 227 g/mol. The van der Waals surface area contributed by atoms with E-state index in [1.165, 1.54) is 6.42 Å². The van der Waals surface area contributed by atoms with Crippen LogP contribution in [0.4, 0.5) is 0 Å². The number of rotatable bonds is 3. The molecule has 0 amide bonds. The Bertz CT molecular complexity index is 308. The fourth-order valence-electron chi connectivity index (χ4n) is 1.82. The van der Waals surface area contributed by atoms with E-state index in [2.05, 4.69) is 27.2 Å². The van der Waals surface area contributed by atoms with Gasteiger partial charge in [-0.2, -0.15) is 0 Å². The number of aromatic nitrogens is 2. The van der Waals surface area contributed by atoms with Crippen LogP contribution in [0.25, 0.3) is 0 Å². The lowest BCUT2D eigenvalue weighted by atomic mass is 10.2. The number of likely N-dealkylation sites (N-methyl/N-ethyl adjacent to an activating group) is 1. The molecular formula is C10H15ClN4. The number of halogens is 1. The second-order valence-electron chi connectivity index (χ2n) is 3.89. The first kappa shape index (κ1) is 10.8. The molecule has 0 saturated carbocycles. The van der Waals surface area contributed by atoms with E-state index in [0.29, 0.717) is 11.2 Å². The SMILES string of the molecule is CN(Cc1cnc(Cl)cn1)C1CCNC1. The molecule has 0 aromatic carbocycles. The van der Waals surface area contributed by atoms with Crippen LogP contribution in [0.5, 0.6) is 0 Å². The van der Waals surface area contributed by atoms with Crippen LogP contribution in [0.15, 0.2) is 12.4 Å². The van der Waals surface area contributed by atoms with Crippen molar-refractivity contribution in [3.63, 3.8) is 0 Å². The summed E-state index contributed by atoms with van der Waals surface area (Å²) < 4.78 is 0. The highest BCUT2D eigenvalue weighted by Crippen LogP contribution is 2.10. The first-order valence-corrected chi connectivity index (χ1v) is 5.51. The minimum Gasteiger partial charge on any atom is -0.315 e. The van der Waals surface area contributed by atoms with Crippen LogP contribution in [0.3, 0.4) is 0 Å². The molecule has 2 rings (SSSR count). The molecule has 1 aromatic heterocycles. The van der Waals surface area contributed by atoms with Gasteiger partial charge in [0.25, 0.3) is 0 Å². The second kappa shape index (κ2) is 4.88. The van der Waals surface area contributed by atoms with Crippen molar-refractivity contribution < 1.29 is 0 Å². The van der Waals surface area contributed by atoms with Crippen LogP contribution < -0.4 is 5.32 Å². The first-order chi connectivity index (χ1) is 7.25. The molecule has 1 aliphatic heterocycles. The number of nitrogens with one attached hydrogen (secondary N) is 1. The molecule has 15 heavy (non-hydrogen) atoms. The fraction of sp³-hybridized carbons (Fsp3) is 0.600. The van der Waals surface area contributed by atoms with Gasteiger partial charge in [0, 0.05) is 19.1 Å². The Hall–Kier alpha value is -0.710. The van der Waals surface area contributed by atoms with Gasteiger partial charge in [-0.05, 0) is 20.0 Å². The summed E-state index contributed by atoms with van der Waals surface area (Å²) in [6, 6.07) is 0.613. The summed E-state index contributed by atoms with van der Waals surface area (Å²) in [5.41, 5.74) is 0.966. The molecule has 1 aliphatic rings. The highest BCUT2D eigenvalue weighted by atomic mass is 35.5. The Morgan fingerprint density at radius 3 is 3.00 bits per heavy atom. The summed E-state index contributed by atoms with van der Waals surface area (Å²) in [7, 11) is 2.12. The monoisotopic (exact) mass is 226 g/mol. The lowest BCUT2D eigenvalue weighted by molar-refractivity contribution is 0.246. The van der Waals surface area contributed by atoms with E-state index in [9.17, 15) is 0 Å². The van der Waals surface area contributed by atoms with Gasteiger partial charge in [0.1, 0.15) is 5.15 Å². The van der Waals surface area contributed by atoms with Gasteiger partial charge in [-0.25, -0.2) is 4.98 Å². The standard InChI is InChI=1S/C10H15ClN4/c1-15(9-2-3-12-5-9)7-8-4-14-10(11)6-13-8/h4,6,9,12H,2-3,5,7H2,1H3. The zero-order valence-electron chi connectivity index (χ0n) is 8.78. The maximum atomic E-state index is 5.68. The van der Waals surface area contributed by atoms with Crippen molar-refractivity contribution in [3.05, 3.63) is 23.2 Å². The summed E-state index contributed by atoms with van der Waals surface area (Å²) in [6.45, 7) is 3.01. The molecule has 0 bridgehead atoms. The predicted octanol–water partition coefficient (Wildman–Crippen LogP) is 0.924. The Balaban J connectivity index is 1.92. The summed E-state index contributed by atoms with van der Waals surface area (Å²) in [6.07, 6.45) is 4.54. The molecule has 1 fully saturated rings. The van der Waals surface area contributed by atoms with Crippen molar-refractivity contribution in [2.75, 3.05) is 20.1 Å². The van der Waals surface area contributed by atoms with Gasteiger partial charge in [-0.1, -0.05) is 11.6 Å². The lowest BCUT2D eigenvalue weighted by Gasteiger charge is -2.22. The Labute approximate surface area is 94.7 Å². The molecule has 1 aromatic rings. The van der Waals surface area contributed by atoms with E-state index in [1.54, 1.807) is 12.4 Å². The van der Waals surface area contributed by atoms with E-state index >= 15 is 0 Å². The Morgan fingerprint density at radius 2 is 2.40 bits per heavy atom. The zero-order chi connectivity index (χ0) is 10.7. The largest absolute Gasteiger partial charge is 0.315 e. The van der Waals surface area contributed by atoms with Crippen molar-refractivity contribution in [2.45, 2.75) is 19.0 Å². The summed E-state index contributed by atoms with van der Waals surface area (Å²) in [5, 5.41) is 3.80. The van der Waals surface area contributed by atoms with E-state index in [-0.39, 0.29) is 0 Å². The molecular weight excluding hydrogens is 212 g/mol. The van der Waals surface area contributed by atoms with Gasteiger partial charge in [0.05, 0.1) is 18.1 Å². The molecule has 5 heteroatoms. The minimum atomic E-state index is 0.448. The summed E-state index contributed by atoms with van der Waals surface area (Å²) in [5.74, 6) is 0. The van der Waals surface area contributed by atoms with Crippen LogP contribution in [0.2, 0.25) is 5.15 Å². The fourth-order valence-corrected chi connectivity index (χ4v) is 1.92. The molecule has 1 saturated heterocycles. The average Bonchev–Trinajstić information content (AvgIpc) is 2.74. The van der Waals surface area contributed by atoms with E-state index < -0.39 is 0 Å². The molecule has 1 atom stereocenters. The number of hydrogen-bond acceptors (Lipinski definition) is 4. The van der Waals surface area contributed by atoms with Gasteiger partial charge in [-0.15, -0.1) is 0 Å². The van der Waals surface area contributed by atoms with E-state index in [1.807, 2.05) is 0 Å². The van der Waals surface area contributed by atoms with Gasteiger partial charge in [0.15, 0.2) is 0 Å². The van der Waals surface area contributed by atoms with Crippen molar-refractivity contribution in [2.24, 2.45) is 0 Å². The van der Waals surface area contributed by atoms with Crippen molar-refractivity contribution in [1.82, 2.24) is 20.2 Å². The maximum absolute atomic E-state index is 5.68. The topological polar surface area (TPSA) is 41.1 Å². The summed E-state index contributed by atoms with van der Waals surface area (Å²) in [4.78, 5) is 10.6. The third-order valence-electron chi connectivity index (χ3n) is 2.74. The van der Waals surface area contributed by atoms with Gasteiger partial charge in [-0.3, -0.25) is 9.88 Å². The van der Waals surface area contributed by atoms with Crippen molar-refractivity contribution in [1.29, 1.82) is 0 Å². The molecule has 0 spiro atoms. The molecule has 2 heterocycles. The van der Waals surface area contributed by atoms with Crippen molar-refractivity contribution in [3.8, 4) is 0 Å². The van der Waals surface area contributed by atoms with Crippen LogP contribution in [0.1, 0.15) is 12.1 Å². The predicted molar refractivity (Wildman–Crippen MR) is 59.8 cm³/mol. The Morgan fingerprint density at radius 1 is 1.53 bits per heavy atom. The molecule has 4 nitrogen and oxygen atoms in total. The Kier molecular flexibility index (Phi) is 3.51. The summed E-state index contributed by atoms with van der Waals surface area (Å²) >= 11 is 5.68. The maximum Gasteiger partial charge on any atom is 0.147 e. The van der Waals surface area contributed by atoms with Crippen LogP contribution in [-0.4, -0.2) is 41.0 Å². The van der Waals surface area contributed by atoms with E-state index in [0.717, 1.165) is 25.3 Å². The molecule has 82 valence electrons. The van der Waals surface area contributed by atoms with Crippen LogP contribution in [0, 0.1) is 0 Å². The third-order valence-corrected chi connectivity index (χ3v) is 2.94. The second-order valence-corrected chi connectivity index (χ2v) is 4.28. The van der Waals surface area contributed by atoms with Gasteiger partial charge < -0.3 is 5.32 Å². The third kappa shape index (κ3) is 2.87. The van der Waals surface area contributed by atoms with Gasteiger partial charge in [0.2, 0.25) is 0 Å². The van der Waals surface area contributed by atoms with E-state index in [4.69, 9.17) is 11.6 Å². The van der Waals surface area contributed by atoms with Crippen LogP contribution in [-0.2, 0) is 6.54 Å². The highest BCUT2D eigenvalue weighted by Gasteiger charge is 2.19. The number of nitrogens with zero attached hydrogens (tertiary/aromatic N) is 3. The molecule has 0 radical (unpaired) electrons. The smallest absolute Gasteiger partial charge is 0.147 e. The van der Waals surface area contributed by atoms with Crippen LogP contribution >= 0.6 is 11.6 Å². The minimum absolute atomic E-state index is 0.448. The van der Waals surface area contributed by atoms with Gasteiger partial charge >= 0.3 is 0 Å². The lowest BCUT2D eigenvalue weighted by Crippen LogP contribution is -2.33. The quantitative estimate of drug-likeness (QED) is 0.833. The zero-order valence-corrected chi connectivity index (χ0v) is 9.54. The molecule has 1 N–H and O–H groups in total. The first-order valence-electron chi connectivity index (χ1n) is 5.13. The molecule has 1 unspecified atom stereocenters. The van der Waals surface area contributed by atoms with Crippen molar-refractivity contribution >= 4 is 11.6 Å². The highest BCUT2D eigenvalue weighted by molar-refractivity contribution is 6.29. The molecule has 0 aliphatic carbocycles. The number of hydrogen-bond donors (Lipinski definition) is 1. The normalized spacial score (nSPS) is 21.1.